The number of rotatable bonds is 9. The Morgan fingerprint density at radius 2 is 1.65 bits per heavy atom. The van der Waals surface area contributed by atoms with Gasteiger partial charge in [0.1, 0.15) is 11.8 Å². The molecule has 0 aromatic heterocycles. The van der Waals surface area contributed by atoms with Crippen LogP contribution in [0.4, 0.5) is 0 Å². The summed E-state index contributed by atoms with van der Waals surface area (Å²) in [6.07, 6.45) is -0.189. The molecule has 0 aliphatic carbocycles. The summed E-state index contributed by atoms with van der Waals surface area (Å²) in [5.74, 6) is -2.05. The summed E-state index contributed by atoms with van der Waals surface area (Å²) in [5, 5.41) is 2.96. The molecule has 0 aliphatic heterocycles. The largest absolute Gasteiger partial charge is 0.484 e. The van der Waals surface area contributed by atoms with Crippen LogP contribution in [0.5, 0.6) is 5.75 Å². The number of benzene rings is 2. The van der Waals surface area contributed by atoms with Gasteiger partial charge in [-0.15, -0.1) is 0 Å². The van der Waals surface area contributed by atoms with Gasteiger partial charge in [0.2, 0.25) is 5.91 Å². The summed E-state index contributed by atoms with van der Waals surface area (Å²) in [6.45, 7) is -0.342. The van der Waals surface area contributed by atoms with Crippen molar-refractivity contribution in [1.29, 1.82) is 0 Å². The first-order valence-electron chi connectivity index (χ1n) is 9.06. The van der Waals surface area contributed by atoms with Gasteiger partial charge in [-0.25, -0.2) is 0 Å². The van der Waals surface area contributed by atoms with Crippen LogP contribution in [0, 0.1) is 0 Å². The molecule has 31 heavy (non-hydrogen) atoms. The fourth-order valence-electron chi connectivity index (χ4n) is 2.33. The maximum absolute atomic E-state index is 12.4. The highest BCUT2D eigenvalue weighted by Crippen LogP contribution is 2.15. The van der Waals surface area contributed by atoms with E-state index in [1.54, 1.807) is 24.3 Å². The summed E-state index contributed by atoms with van der Waals surface area (Å²) in [5.41, 5.74) is 9.81. The standard InChI is InChI=1S/C20H20BrClN4O5/c21-13-3-7-15(8-4-13)31-11-18(28)25-26-20(30)16(9-10-17(23)27)24-19(29)12-1-5-14(22)6-2-12/h1-8,16H,9-11H2,(H2,23,27)(H,24,29)(H,25,28)(H,26,30). The fourth-order valence-corrected chi connectivity index (χ4v) is 2.72. The number of hydrogen-bond acceptors (Lipinski definition) is 5. The van der Waals surface area contributed by atoms with Crippen molar-refractivity contribution in [3.8, 4) is 5.75 Å². The molecule has 164 valence electrons. The van der Waals surface area contributed by atoms with Crippen molar-refractivity contribution in [2.45, 2.75) is 18.9 Å². The van der Waals surface area contributed by atoms with Gasteiger partial charge in [0.05, 0.1) is 0 Å². The number of hydrazine groups is 1. The highest BCUT2D eigenvalue weighted by Gasteiger charge is 2.22. The predicted octanol–water partition coefficient (Wildman–Crippen LogP) is 1.69. The first-order valence-corrected chi connectivity index (χ1v) is 10.2. The van der Waals surface area contributed by atoms with E-state index in [1.165, 1.54) is 24.3 Å². The van der Waals surface area contributed by atoms with Gasteiger partial charge in [-0.05, 0) is 55.0 Å². The van der Waals surface area contributed by atoms with Crippen LogP contribution < -0.4 is 26.6 Å². The Labute approximate surface area is 191 Å². The molecule has 0 fully saturated rings. The SMILES string of the molecule is NC(=O)CCC(NC(=O)c1ccc(Cl)cc1)C(=O)NNC(=O)COc1ccc(Br)cc1. The Bertz CT molecular complexity index is 938. The molecule has 5 N–H and O–H groups in total. The van der Waals surface area contributed by atoms with E-state index in [9.17, 15) is 19.2 Å². The molecule has 2 aromatic carbocycles. The van der Waals surface area contributed by atoms with Crippen molar-refractivity contribution in [3.05, 3.63) is 63.6 Å². The predicted molar refractivity (Wildman–Crippen MR) is 117 cm³/mol. The van der Waals surface area contributed by atoms with Gasteiger partial charge in [0.25, 0.3) is 17.7 Å². The van der Waals surface area contributed by atoms with Gasteiger partial charge in [0.15, 0.2) is 6.61 Å². The van der Waals surface area contributed by atoms with Crippen LogP contribution in [0.15, 0.2) is 53.0 Å². The number of hydrogen-bond donors (Lipinski definition) is 4. The first kappa shape index (κ1) is 24.2. The molecule has 1 atom stereocenters. The second-order valence-electron chi connectivity index (χ2n) is 6.32. The molecule has 0 saturated carbocycles. The van der Waals surface area contributed by atoms with Crippen LogP contribution in [0.25, 0.3) is 0 Å². The summed E-state index contributed by atoms with van der Waals surface area (Å²) in [4.78, 5) is 47.8. The fraction of sp³-hybridized carbons (Fsp3) is 0.200. The molecule has 4 amide bonds. The molecule has 11 heteroatoms. The van der Waals surface area contributed by atoms with Crippen LogP contribution in [0.1, 0.15) is 23.2 Å². The Hall–Kier alpha value is -3.11. The third kappa shape index (κ3) is 8.65. The normalized spacial score (nSPS) is 11.2. The van der Waals surface area contributed by atoms with Crippen molar-refractivity contribution in [2.75, 3.05) is 6.61 Å². The number of halogens is 2. The number of nitrogens with two attached hydrogens (primary N) is 1. The zero-order valence-corrected chi connectivity index (χ0v) is 18.5. The molecule has 0 heterocycles. The second-order valence-corrected chi connectivity index (χ2v) is 7.67. The van der Waals surface area contributed by atoms with Gasteiger partial charge in [0, 0.05) is 21.5 Å². The number of ether oxygens (including phenoxy) is 1. The number of carbonyl (C=O) groups is 4. The highest BCUT2D eigenvalue weighted by molar-refractivity contribution is 9.10. The molecule has 9 nitrogen and oxygen atoms in total. The van der Waals surface area contributed by atoms with Crippen LogP contribution in [0.3, 0.4) is 0 Å². The van der Waals surface area contributed by atoms with E-state index in [1.807, 2.05) is 0 Å². The monoisotopic (exact) mass is 510 g/mol. The van der Waals surface area contributed by atoms with E-state index in [2.05, 4.69) is 32.1 Å². The molecule has 2 rings (SSSR count). The van der Waals surface area contributed by atoms with Crippen molar-refractivity contribution >= 4 is 51.2 Å². The minimum atomic E-state index is -1.11. The zero-order valence-electron chi connectivity index (χ0n) is 16.2. The summed E-state index contributed by atoms with van der Waals surface area (Å²) >= 11 is 9.09. The average Bonchev–Trinajstić information content (AvgIpc) is 2.74. The maximum atomic E-state index is 12.4. The lowest BCUT2D eigenvalue weighted by molar-refractivity contribution is -0.131. The zero-order chi connectivity index (χ0) is 22.8. The van der Waals surface area contributed by atoms with Crippen LogP contribution in [-0.4, -0.2) is 36.3 Å². The molecule has 1 unspecified atom stereocenters. The molecule has 0 saturated heterocycles. The maximum Gasteiger partial charge on any atom is 0.276 e. The molecule has 0 radical (unpaired) electrons. The van der Waals surface area contributed by atoms with E-state index in [0.29, 0.717) is 10.8 Å². The van der Waals surface area contributed by atoms with E-state index in [0.717, 1.165) is 4.47 Å². The summed E-state index contributed by atoms with van der Waals surface area (Å²) in [6, 6.07) is 11.8. The van der Waals surface area contributed by atoms with E-state index >= 15 is 0 Å². The van der Waals surface area contributed by atoms with Crippen LogP contribution in [-0.2, 0) is 14.4 Å². The molecule has 0 spiro atoms. The second kappa shape index (κ2) is 11.9. The number of carbonyl (C=O) groups excluding carboxylic acids is 4. The molecular formula is C20H20BrClN4O5. The minimum Gasteiger partial charge on any atom is -0.484 e. The number of amides is 4. The van der Waals surface area contributed by atoms with E-state index < -0.39 is 29.7 Å². The average molecular weight is 512 g/mol. The van der Waals surface area contributed by atoms with Crippen LogP contribution in [0.2, 0.25) is 5.02 Å². The first-order chi connectivity index (χ1) is 14.7. The van der Waals surface area contributed by atoms with E-state index in [-0.39, 0.29) is 25.0 Å². The topological polar surface area (TPSA) is 140 Å². The van der Waals surface area contributed by atoms with Gasteiger partial charge >= 0.3 is 0 Å². The molecule has 0 bridgehead atoms. The Morgan fingerprint density at radius 3 is 2.26 bits per heavy atom. The third-order valence-electron chi connectivity index (χ3n) is 3.92. The van der Waals surface area contributed by atoms with Crippen molar-refractivity contribution in [2.24, 2.45) is 5.73 Å². The molecule has 2 aromatic rings. The highest BCUT2D eigenvalue weighted by atomic mass is 79.9. The Balaban J connectivity index is 1.89. The van der Waals surface area contributed by atoms with Gasteiger partial charge in [-0.3, -0.25) is 30.0 Å². The van der Waals surface area contributed by atoms with Crippen molar-refractivity contribution in [3.63, 3.8) is 0 Å². The van der Waals surface area contributed by atoms with Gasteiger partial charge < -0.3 is 15.8 Å². The number of primary amides is 1. The van der Waals surface area contributed by atoms with Crippen LogP contribution >= 0.6 is 27.5 Å². The Morgan fingerprint density at radius 1 is 1.00 bits per heavy atom. The Kier molecular flexibility index (Phi) is 9.29. The van der Waals surface area contributed by atoms with Gasteiger partial charge in [-0.1, -0.05) is 27.5 Å². The quantitative estimate of drug-likeness (QED) is 0.379. The third-order valence-corrected chi connectivity index (χ3v) is 4.70. The summed E-state index contributed by atoms with van der Waals surface area (Å²) in [7, 11) is 0. The lowest BCUT2D eigenvalue weighted by Gasteiger charge is -2.18. The van der Waals surface area contributed by atoms with Crippen molar-refractivity contribution in [1.82, 2.24) is 16.2 Å². The number of nitrogens with one attached hydrogen (secondary N) is 3. The summed E-state index contributed by atoms with van der Waals surface area (Å²) < 4.78 is 6.16. The smallest absolute Gasteiger partial charge is 0.276 e. The van der Waals surface area contributed by atoms with Gasteiger partial charge in [-0.2, -0.15) is 0 Å². The molecular weight excluding hydrogens is 492 g/mol. The van der Waals surface area contributed by atoms with E-state index in [4.69, 9.17) is 22.1 Å². The lowest BCUT2D eigenvalue weighted by atomic mass is 10.1. The van der Waals surface area contributed by atoms with Crippen molar-refractivity contribution < 1.29 is 23.9 Å². The lowest BCUT2D eigenvalue weighted by Crippen LogP contribution is -2.53. The minimum absolute atomic E-state index is 0.0498. The molecule has 0 aliphatic rings.